The van der Waals surface area contributed by atoms with Crippen molar-refractivity contribution in [3.8, 4) is 0 Å². The van der Waals surface area contributed by atoms with Crippen LogP contribution in [-0.2, 0) is 16.0 Å². The van der Waals surface area contributed by atoms with E-state index in [4.69, 9.17) is 5.11 Å². The van der Waals surface area contributed by atoms with E-state index in [-0.39, 0.29) is 12.3 Å². The zero-order valence-electron chi connectivity index (χ0n) is 8.74. The van der Waals surface area contributed by atoms with Gasteiger partial charge in [-0.15, -0.1) is 0 Å². The number of halogens is 1. The number of carbonyl (C=O) groups excluding carboxylic acids is 1. The highest BCUT2D eigenvalue weighted by atomic mass is 79.9. The highest BCUT2D eigenvalue weighted by molar-refractivity contribution is 9.10. The lowest BCUT2D eigenvalue weighted by molar-refractivity contribution is -0.141. The molecule has 1 aromatic carbocycles. The summed E-state index contributed by atoms with van der Waals surface area (Å²) >= 11 is 3.29. The van der Waals surface area contributed by atoms with Crippen molar-refractivity contribution in [1.29, 1.82) is 0 Å². The first-order chi connectivity index (χ1) is 7.49. The van der Waals surface area contributed by atoms with E-state index in [1.807, 2.05) is 24.3 Å². The predicted molar refractivity (Wildman–Crippen MR) is 63.1 cm³/mol. The molecule has 0 radical (unpaired) electrons. The van der Waals surface area contributed by atoms with Crippen LogP contribution in [0.1, 0.15) is 12.5 Å². The van der Waals surface area contributed by atoms with Gasteiger partial charge < -0.3 is 10.4 Å². The molecule has 1 amide bonds. The van der Waals surface area contributed by atoms with Crippen LogP contribution in [0.4, 0.5) is 0 Å². The van der Waals surface area contributed by atoms with Crippen molar-refractivity contribution in [2.75, 3.05) is 0 Å². The first kappa shape index (κ1) is 12.7. The summed E-state index contributed by atoms with van der Waals surface area (Å²) in [5, 5.41) is 11.3. The number of hydrogen-bond donors (Lipinski definition) is 2. The average molecular weight is 286 g/mol. The first-order valence-corrected chi connectivity index (χ1v) is 5.52. The Kier molecular flexibility index (Phi) is 4.49. The van der Waals surface area contributed by atoms with Crippen LogP contribution >= 0.6 is 15.9 Å². The third-order valence-corrected chi connectivity index (χ3v) is 2.56. The molecule has 0 saturated heterocycles. The van der Waals surface area contributed by atoms with Crippen LogP contribution in [0.2, 0.25) is 0 Å². The van der Waals surface area contributed by atoms with Crippen LogP contribution in [0.5, 0.6) is 0 Å². The highest BCUT2D eigenvalue weighted by Gasteiger charge is 2.18. The second kappa shape index (κ2) is 5.65. The molecule has 0 spiro atoms. The fraction of sp³-hybridized carbons (Fsp3) is 0.273. The number of hydrogen-bond acceptors (Lipinski definition) is 2. The average Bonchev–Trinajstić information content (AvgIpc) is 2.19. The van der Waals surface area contributed by atoms with Crippen LogP contribution in [-0.4, -0.2) is 23.0 Å². The number of carbonyl (C=O) groups is 2. The van der Waals surface area contributed by atoms with Gasteiger partial charge in [-0.25, -0.2) is 4.79 Å². The van der Waals surface area contributed by atoms with Crippen molar-refractivity contribution in [3.05, 3.63) is 34.3 Å². The van der Waals surface area contributed by atoms with Crippen LogP contribution in [0.15, 0.2) is 28.7 Å². The molecule has 1 atom stereocenters. The van der Waals surface area contributed by atoms with Gasteiger partial charge in [-0.05, 0) is 17.7 Å². The van der Waals surface area contributed by atoms with E-state index in [2.05, 4.69) is 21.2 Å². The second-order valence-electron chi connectivity index (χ2n) is 3.42. The molecular weight excluding hydrogens is 274 g/mol. The smallest absolute Gasteiger partial charge is 0.326 e. The third-order valence-electron chi connectivity index (χ3n) is 2.03. The van der Waals surface area contributed by atoms with Crippen LogP contribution in [0.3, 0.4) is 0 Å². The SMILES string of the molecule is CC(=O)N[C@H](Cc1ccc(Br)cc1)C(=O)O. The van der Waals surface area contributed by atoms with Crippen molar-refractivity contribution in [1.82, 2.24) is 5.32 Å². The molecule has 0 aliphatic heterocycles. The van der Waals surface area contributed by atoms with Gasteiger partial charge in [-0.1, -0.05) is 28.1 Å². The van der Waals surface area contributed by atoms with Gasteiger partial charge in [0.2, 0.25) is 5.91 Å². The summed E-state index contributed by atoms with van der Waals surface area (Å²) in [5.74, 6) is -1.37. The van der Waals surface area contributed by atoms with Gasteiger partial charge in [0.25, 0.3) is 0 Å². The number of amides is 1. The van der Waals surface area contributed by atoms with Gasteiger partial charge in [0.1, 0.15) is 6.04 Å². The minimum absolute atomic E-state index is 0.280. The maximum absolute atomic E-state index is 10.9. The minimum Gasteiger partial charge on any atom is -0.480 e. The van der Waals surface area contributed by atoms with Gasteiger partial charge in [0, 0.05) is 17.8 Å². The lowest BCUT2D eigenvalue weighted by atomic mass is 10.1. The lowest BCUT2D eigenvalue weighted by Crippen LogP contribution is -2.41. The molecule has 5 heteroatoms. The van der Waals surface area contributed by atoms with Crippen molar-refractivity contribution >= 4 is 27.8 Å². The van der Waals surface area contributed by atoms with E-state index in [1.165, 1.54) is 6.92 Å². The molecule has 86 valence electrons. The number of benzene rings is 1. The Hall–Kier alpha value is -1.36. The molecule has 16 heavy (non-hydrogen) atoms. The van der Waals surface area contributed by atoms with Crippen molar-refractivity contribution in [2.45, 2.75) is 19.4 Å². The number of aliphatic carboxylic acids is 1. The molecular formula is C11H12BrNO3. The zero-order valence-corrected chi connectivity index (χ0v) is 10.3. The monoisotopic (exact) mass is 285 g/mol. The number of carboxylic acid groups (broad SMARTS) is 1. The standard InChI is InChI=1S/C11H12BrNO3/c1-7(14)13-10(11(15)16)6-8-2-4-9(12)5-3-8/h2-5,10H,6H2,1H3,(H,13,14)(H,15,16)/t10-/m1/s1. The lowest BCUT2D eigenvalue weighted by Gasteiger charge is -2.13. The Bertz CT molecular complexity index is 389. The molecule has 4 nitrogen and oxygen atoms in total. The fourth-order valence-corrected chi connectivity index (χ4v) is 1.57. The van der Waals surface area contributed by atoms with Crippen LogP contribution < -0.4 is 5.32 Å². The van der Waals surface area contributed by atoms with E-state index >= 15 is 0 Å². The topological polar surface area (TPSA) is 66.4 Å². The Morgan fingerprint density at radius 1 is 1.38 bits per heavy atom. The highest BCUT2D eigenvalue weighted by Crippen LogP contribution is 2.12. The molecule has 1 rings (SSSR count). The molecule has 2 N–H and O–H groups in total. The molecule has 0 heterocycles. The van der Waals surface area contributed by atoms with Crippen LogP contribution in [0, 0.1) is 0 Å². The van der Waals surface area contributed by atoms with E-state index in [0.717, 1.165) is 10.0 Å². The molecule has 0 aliphatic rings. The van der Waals surface area contributed by atoms with Gasteiger partial charge >= 0.3 is 5.97 Å². The number of carboxylic acids is 1. The van der Waals surface area contributed by atoms with Crippen molar-refractivity contribution in [2.24, 2.45) is 0 Å². The van der Waals surface area contributed by atoms with Crippen molar-refractivity contribution in [3.63, 3.8) is 0 Å². The molecule has 0 unspecified atom stereocenters. The molecule has 0 fully saturated rings. The van der Waals surface area contributed by atoms with Gasteiger partial charge in [0.15, 0.2) is 0 Å². The summed E-state index contributed by atoms with van der Waals surface area (Å²) < 4.78 is 0.933. The van der Waals surface area contributed by atoms with Gasteiger partial charge in [-0.3, -0.25) is 4.79 Å². The Balaban J connectivity index is 2.71. The number of nitrogens with one attached hydrogen (secondary N) is 1. The zero-order chi connectivity index (χ0) is 12.1. The minimum atomic E-state index is -1.03. The van der Waals surface area contributed by atoms with Gasteiger partial charge in [-0.2, -0.15) is 0 Å². The quantitative estimate of drug-likeness (QED) is 0.883. The van der Waals surface area contributed by atoms with E-state index in [1.54, 1.807) is 0 Å². The molecule has 1 aromatic rings. The Morgan fingerprint density at radius 3 is 2.38 bits per heavy atom. The second-order valence-corrected chi connectivity index (χ2v) is 4.34. The van der Waals surface area contributed by atoms with E-state index in [9.17, 15) is 9.59 Å². The molecule has 0 saturated carbocycles. The third kappa shape index (κ3) is 4.02. The summed E-state index contributed by atoms with van der Waals surface area (Å²) in [6.07, 6.45) is 0.280. The summed E-state index contributed by atoms with van der Waals surface area (Å²) in [6, 6.07) is 6.44. The Labute approximate surface area is 102 Å². The van der Waals surface area contributed by atoms with Crippen molar-refractivity contribution < 1.29 is 14.7 Å². The molecule has 0 bridgehead atoms. The molecule has 0 aliphatic carbocycles. The summed E-state index contributed by atoms with van der Waals surface area (Å²) in [5.41, 5.74) is 0.865. The van der Waals surface area contributed by atoms with E-state index in [0.29, 0.717) is 0 Å². The largest absolute Gasteiger partial charge is 0.480 e. The summed E-state index contributed by atoms with van der Waals surface area (Å²) in [6.45, 7) is 1.30. The maximum Gasteiger partial charge on any atom is 0.326 e. The Morgan fingerprint density at radius 2 is 1.94 bits per heavy atom. The summed E-state index contributed by atoms with van der Waals surface area (Å²) in [4.78, 5) is 21.7. The maximum atomic E-state index is 10.9. The normalized spacial score (nSPS) is 11.9. The summed E-state index contributed by atoms with van der Waals surface area (Å²) in [7, 11) is 0. The van der Waals surface area contributed by atoms with Crippen LogP contribution in [0.25, 0.3) is 0 Å². The van der Waals surface area contributed by atoms with E-state index < -0.39 is 12.0 Å². The fourth-order valence-electron chi connectivity index (χ4n) is 1.30. The number of rotatable bonds is 4. The predicted octanol–water partition coefficient (Wildman–Crippen LogP) is 1.58. The molecule has 0 aromatic heterocycles. The van der Waals surface area contributed by atoms with Gasteiger partial charge in [0.05, 0.1) is 0 Å². The first-order valence-electron chi connectivity index (χ1n) is 4.73.